The number of amides is 1. The van der Waals surface area contributed by atoms with Crippen molar-refractivity contribution in [2.75, 3.05) is 19.6 Å². The van der Waals surface area contributed by atoms with Crippen LogP contribution < -0.4 is 5.56 Å². The maximum atomic E-state index is 12.8. The van der Waals surface area contributed by atoms with Crippen molar-refractivity contribution in [2.24, 2.45) is 13.0 Å². The van der Waals surface area contributed by atoms with Gasteiger partial charge in [0.15, 0.2) is 0 Å². The lowest BCUT2D eigenvalue weighted by molar-refractivity contribution is 0.0768. The van der Waals surface area contributed by atoms with Crippen LogP contribution in [0.4, 0.5) is 0 Å². The van der Waals surface area contributed by atoms with Gasteiger partial charge in [-0.25, -0.2) is 0 Å². The van der Waals surface area contributed by atoms with Crippen molar-refractivity contribution in [1.29, 1.82) is 0 Å². The summed E-state index contributed by atoms with van der Waals surface area (Å²) in [5.74, 6) is 0.352. The molecule has 4 rings (SSSR count). The van der Waals surface area contributed by atoms with Gasteiger partial charge in [-0.15, -0.1) is 0 Å². The molecule has 2 aromatic heterocycles. The Morgan fingerprint density at radius 2 is 2.16 bits per heavy atom. The van der Waals surface area contributed by atoms with Gasteiger partial charge < -0.3 is 9.47 Å². The number of likely N-dealkylation sites (tertiary alicyclic amines) is 2. The van der Waals surface area contributed by atoms with Crippen LogP contribution in [0.3, 0.4) is 0 Å². The van der Waals surface area contributed by atoms with Crippen molar-refractivity contribution in [1.82, 2.24) is 19.4 Å². The standard InChI is InChI=1S/C19H22N4O2/c1-21-8-3-5-16(18(21)24)19(25)23-12-15-6-9-22(17(15)13-23)11-14-4-2-7-20-10-14/h2-5,7-8,10,15,17H,6,9,11-13H2,1H3/t15-,17+/m0/s1. The van der Waals surface area contributed by atoms with Crippen LogP contribution in [-0.4, -0.2) is 50.9 Å². The third-order valence-electron chi connectivity index (χ3n) is 5.41. The number of aromatic nitrogens is 2. The van der Waals surface area contributed by atoms with Gasteiger partial charge in [0, 0.05) is 51.3 Å². The van der Waals surface area contributed by atoms with Gasteiger partial charge in [0.25, 0.3) is 11.5 Å². The van der Waals surface area contributed by atoms with E-state index in [4.69, 9.17) is 0 Å². The van der Waals surface area contributed by atoms with Gasteiger partial charge in [-0.05, 0) is 42.6 Å². The highest BCUT2D eigenvalue weighted by atomic mass is 16.2. The van der Waals surface area contributed by atoms with E-state index in [1.54, 1.807) is 31.6 Å². The molecule has 2 fully saturated rings. The van der Waals surface area contributed by atoms with E-state index in [9.17, 15) is 9.59 Å². The van der Waals surface area contributed by atoms with Gasteiger partial charge >= 0.3 is 0 Å². The van der Waals surface area contributed by atoms with Crippen LogP contribution in [0.2, 0.25) is 0 Å². The SMILES string of the molecule is Cn1cccc(C(=O)N2C[C@@H]3CCN(Cc4cccnc4)[C@@H]3C2)c1=O. The van der Waals surface area contributed by atoms with E-state index in [1.165, 1.54) is 10.1 Å². The van der Waals surface area contributed by atoms with E-state index in [0.29, 0.717) is 18.5 Å². The lowest BCUT2D eigenvalue weighted by Crippen LogP contribution is -2.38. The average molecular weight is 338 g/mol. The van der Waals surface area contributed by atoms with Crippen LogP contribution >= 0.6 is 0 Å². The molecule has 130 valence electrons. The van der Waals surface area contributed by atoms with Crippen molar-refractivity contribution in [2.45, 2.75) is 19.0 Å². The molecule has 0 aromatic carbocycles. The zero-order valence-corrected chi connectivity index (χ0v) is 14.3. The first-order valence-corrected chi connectivity index (χ1v) is 8.71. The maximum Gasteiger partial charge on any atom is 0.263 e. The molecular formula is C19H22N4O2. The minimum atomic E-state index is -0.225. The quantitative estimate of drug-likeness (QED) is 0.842. The summed E-state index contributed by atoms with van der Waals surface area (Å²) in [6, 6.07) is 7.80. The van der Waals surface area contributed by atoms with Crippen LogP contribution in [0.5, 0.6) is 0 Å². The molecule has 2 atom stereocenters. The van der Waals surface area contributed by atoms with E-state index < -0.39 is 0 Å². The second-order valence-electron chi connectivity index (χ2n) is 7.00. The molecule has 0 saturated carbocycles. The van der Waals surface area contributed by atoms with Gasteiger partial charge in [0.05, 0.1) is 0 Å². The normalized spacial score (nSPS) is 23.0. The molecule has 0 unspecified atom stereocenters. The van der Waals surface area contributed by atoms with Crippen molar-refractivity contribution < 1.29 is 4.79 Å². The van der Waals surface area contributed by atoms with E-state index in [0.717, 1.165) is 26.1 Å². The molecule has 2 aliphatic rings. The summed E-state index contributed by atoms with van der Waals surface area (Å²) in [6.07, 6.45) is 6.46. The molecule has 4 heterocycles. The smallest absolute Gasteiger partial charge is 0.263 e. The Hall–Kier alpha value is -2.47. The molecule has 6 nitrogen and oxygen atoms in total. The van der Waals surface area contributed by atoms with Crippen molar-refractivity contribution in [3.05, 3.63) is 64.3 Å². The van der Waals surface area contributed by atoms with Gasteiger partial charge in [-0.1, -0.05) is 6.07 Å². The summed E-state index contributed by atoms with van der Waals surface area (Å²) >= 11 is 0. The largest absolute Gasteiger partial charge is 0.337 e. The van der Waals surface area contributed by atoms with Crippen LogP contribution in [0, 0.1) is 5.92 Å². The van der Waals surface area contributed by atoms with Crippen LogP contribution in [0.25, 0.3) is 0 Å². The summed E-state index contributed by atoms with van der Waals surface area (Å²) in [5, 5.41) is 0. The van der Waals surface area contributed by atoms with E-state index in [2.05, 4.69) is 16.0 Å². The predicted octanol–water partition coefficient (Wildman–Crippen LogP) is 1.13. The summed E-state index contributed by atoms with van der Waals surface area (Å²) < 4.78 is 1.46. The molecule has 2 aromatic rings. The zero-order valence-electron chi connectivity index (χ0n) is 14.3. The Balaban J connectivity index is 1.48. The number of fused-ring (bicyclic) bond motifs is 1. The molecule has 0 spiro atoms. The minimum absolute atomic E-state index is 0.142. The van der Waals surface area contributed by atoms with Crippen molar-refractivity contribution >= 4 is 5.91 Å². The lowest BCUT2D eigenvalue weighted by atomic mass is 10.1. The molecular weight excluding hydrogens is 316 g/mol. The summed E-state index contributed by atoms with van der Waals surface area (Å²) in [5.41, 5.74) is 1.24. The van der Waals surface area contributed by atoms with Gasteiger partial charge in [-0.3, -0.25) is 19.5 Å². The summed E-state index contributed by atoms with van der Waals surface area (Å²) in [4.78, 5) is 33.5. The average Bonchev–Trinajstić information content (AvgIpc) is 3.20. The molecule has 0 N–H and O–H groups in total. The molecule has 2 aliphatic heterocycles. The van der Waals surface area contributed by atoms with Gasteiger partial charge in [0.2, 0.25) is 0 Å². The van der Waals surface area contributed by atoms with Crippen LogP contribution in [-0.2, 0) is 13.6 Å². The summed E-state index contributed by atoms with van der Waals surface area (Å²) in [7, 11) is 1.67. The van der Waals surface area contributed by atoms with E-state index >= 15 is 0 Å². The van der Waals surface area contributed by atoms with Crippen LogP contribution in [0.15, 0.2) is 47.7 Å². The fourth-order valence-electron chi connectivity index (χ4n) is 4.07. The fourth-order valence-corrected chi connectivity index (χ4v) is 4.07. The number of carbonyl (C=O) groups excluding carboxylic acids is 1. The highest BCUT2D eigenvalue weighted by Gasteiger charge is 2.43. The third-order valence-corrected chi connectivity index (χ3v) is 5.41. The van der Waals surface area contributed by atoms with E-state index in [1.807, 2.05) is 17.2 Å². The molecule has 1 amide bonds. The fraction of sp³-hybridized carbons (Fsp3) is 0.421. The van der Waals surface area contributed by atoms with E-state index in [-0.39, 0.29) is 17.0 Å². The number of hydrogen-bond acceptors (Lipinski definition) is 4. The molecule has 0 aliphatic carbocycles. The van der Waals surface area contributed by atoms with Gasteiger partial charge in [-0.2, -0.15) is 0 Å². The first-order valence-electron chi connectivity index (χ1n) is 8.71. The number of rotatable bonds is 3. The molecule has 6 heteroatoms. The topological polar surface area (TPSA) is 58.4 Å². The Kier molecular flexibility index (Phi) is 4.13. The second-order valence-corrected chi connectivity index (χ2v) is 7.00. The number of pyridine rings is 2. The molecule has 0 bridgehead atoms. The molecule has 0 radical (unpaired) electrons. The van der Waals surface area contributed by atoms with Crippen molar-refractivity contribution in [3.63, 3.8) is 0 Å². The van der Waals surface area contributed by atoms with Crippen molar-refractivity contribution in [3.8, 4) is 0 Å². The Morgan fingerprint density at radius 3 is 2.96 bits per heavy atom. The second kappa shape index (κ2) is 6.44. The van der Waals surface area contributed by atoms with Crippen LogP contribution in [0.1, 0.15) is 22.3 Å². The molecule has 2 saturated heterocycles. The third kappa shape index (κ3) is 2.98. The number of hydrogen-bond donors (Lipinski definition) is 0. The summed E-state index contributed by atoms with van der Waals surface area (Å²) in [6.45, 7) is 3.36. The van der Waals surface area contributed by atoms with Gasteiger partial charge in [0.1, 0.15) is 5.56 Å². The number of aryl methyl sites for hydroxylation is 1. The highest BCUT2D eigenvalue weighted by Crippen LogP contribution is 2.32. The maximum absolute atomic E-state index is 12.8. The molecule has 25 heavy (non-hydrogen) atoms. The minimum Gasteiger partial charge on any atom is -0.337 e. The first-order chi connectivity index (χ1) is 12.1. The zero-order chi connectivity index (χ0) is 17.4. The first kappa shape index (κ1) is 16.0. The predicted molar refractivity (Wildman–Crippen MR) is 94.1 cm³/mol. The monoisotopic (exact) mass is 338 g/mol. The highest BCUT2D eigenvalue weighted by molar-refractivity contribution is 5.94. The number of carbonyl (C=O) groups is 1. The Bertz CT molecular complexity index is 833. The Labute approximate surface area is 146 Å². The number of nitrogens with zero attached hydrogens (tertiary/aromatic N) is 4. The lowest BCUT2D eigenvalue weighted by Gasteiger charge is -2.24. The Morgan fingerprint density at radius 1 is 1.28 bits per heavy atom.